The Morgan fingerprint density at radius 2 is 0.718 bits per heavy atom. The summed E-state index contributed by atoms with van der Waals surface area (Å²) in [6, 6.07) is 89.6. The van der Waals surface area contributed by atoms with Gasteiger partial charge in [-0.25, -0.2) is 0 Å². The first-order chi connectivity index (χ1) is 34.6. The van der Waals surface area contributed by atoms with E-state index in [0.29, 0.717) is 6.61 Å². The third-order valence-corrected chi connectivity index (χ3v) is 26.6. The molecule has 0 amide bonds. The zero-order valence-electron chi connectivity index (χ0n) is 40.7. The first kappa shape index (κ1) is 47.0. The molecule has 0 aromatic heterocycles. The SMILES string of the molecule is CC(COP1(=[Se])Oc2c([Si](c3ccccc3)(c3ccccc3)c3ccccc3)cc3ccccc3c2-c2c(c([Si](c3ccccc3)(c3ccccc3)c3ccccc3)cc3ccccc23)O1)CC(C)(C)C. The van der Waals surface area contributed by atoms with Gasteiger partial charge in [0.2, 0.25) is 0 Å². The molecule has 1 atom stereocenters. The fraction of sp³-hybridized carbons (Fsp3) is 0.125. The second kappa shape index (κ2) is 19.3. The van der Waals surface area contributed by atoms with Gasteiger partial charge >= 0.3 is 431 Å². The van der Waals surface area contributed by atoms with Crippen molar-refractivity contribution in [1.82, 2.24) is 0 Å². The number of benzene rings is 10. The molecular formula is C64H57O3PSeSi2. The van der Waals surface area contributed by atoms with Gasteiger partial charge in [0, 0.05) is 0 Å². The Bertz CT molecular complexity index is 3120. The van der Waals surface area contributed by atoms with Crippen molar-refractivity contribution < 1.29 is 13.6 Å². The number of hydrogen-bond acceptors (Lipinski definition) is 3. The molecule has 3 nitrogen and oxygen atoms in total. The van der Waals surface area contributed by atoms with Gasteiger partial charge in [-0.05, 0) is 0 Å². The Morgan fingerprint density at radius 3 is 1.01 bits per heavy atom. The minimum atomic E-state index is -3.47. The summed E-state index contributed by atoms with van der Waals surface area (Å²) in [5.74, 6) is 1.82. The molecule has 0 aliphatic carbocycles. The van der Waals surface area contributed by atoms with Crippen LogP contribution in [0.25, 0.3) is 32.7 Å². The summed E-state index contributed by atoms with van der Waals surface area (Å²) < 4.78 is 23.4. The van der Waals surface area contributed by atoms with Crippen LogP contribution in [0.3, 0.4) is 0 Å². The zero-order chi connectivity index (χ0) is 48.6. The summed E-state index contributed by atoms with van der Waals surface area (Å²) in [5.41, 5.74) is 2.14. The van der Waals surface area contributed by atoms with Crippen molar-refractivity contribution in [3.8, 4) is 22.6 Å². The van der Waals surface area contributed by atoms with E-state index >= 15 is 0 Å². The van der Waals surface area contributed by atoms with Gasteiger partial charge in [0.1, 0.15) is 0 Å². The Morgan fingerprint density at radius 1 is 0.437 bits per heavy atom. The van der Waals surface area contributed by atoms with Gasteiger partial charge in [-0.1, -0.05) is 0 Å². The molecule has 11 rings (SSSR count). The summed E-state index contributed by atoms with van der Waals surface area (Å²) in [6.07, 6.45) is -2.49. The molecule has 0 bridgehead atoms. The van der Waals surface area contributed by atoms with Crippen LogP contribution in [0.5, 0.6) is 11.5 Å². The topological polar surface area (TPSA) is 27.7 Å². The Hall–Kier alpha value is -6.34. The van der Waals surface area contributed by atoms with Crippen LogP contribution in [0.4, 0.5) is 0 Å². The third kappa shape index (κ3) is 8.51. The fourth-order valence-corrected chi connectivity index (χ4v) is 24.3. The molecule has 0 saturated heterocycles. The summed E-state index contributed by atoms with van der Waals surface area (Å²) >= 11 is 3.60. The molecule has 7 heteroatoms. The molecule has 0 radical (unpaired) electrons. The molecule has 1 aliphatic rings. The van der Waals surface area contributed by atoms with E-state index in [4.69, 9.17) is 13.6 Å². The first-order valence-electron chi connectivity index (χ1n) is 24.7. The van der Waals surface area contributed by atoms with Gasteiger partial charge in [-0.2, -0.15) is 0 Å². The van der Waals surface area contributed by atoms with Crippen molar-refractivity contribution in [3.63, 3.8) is 0 Å². The third-order valence-electron chi connectivity index (χ3n) is 14.2. The van der Waals surface area contributed by atoms with E-state index in [0.717, 1.165) is 61.0 Å². The second-order valence-electron chi connectivity index (χ2n) is 20.2. The van der Waals surface area contributed by atoms with Crippen LogP contribution < -0.4 is 50.5 Å². The summed E-state index contributed by atoms with van der Waals surface area (Å²) in [4.78, 5) is 0. The first-order valence-corrected chi connectivity index (χ1v) is 32.5. The normalized spacial score (nSPS) is 13.9. The van der Waals surface area contributed by atoms with Gasteiger partial charge in [0.15, 0.2) is 0 Å². The average Bonchev–Trinajstić information content (AvgIpc) is 3.55. The maximum absolute atomic E-state index is 8.01. The van der Waals surface area contributed by atoms with E-state index in [1.54, 1.807) is 0 Å². The van der Waals surface area contributed by atoms with Crippen molar-refractivity contribution in [2.45, 2.75) is 34.1 Å². The summed E-state index contributed by atoms with van der Waals surface area (Å²) in [5, 5.41) is 14.3. The average molecular weight is 1040 g/mol. The molecule has 0 N–H and O–H groups in total. The van der Waals surface area contributed by atoms with Gasteiger partial charge in [-0.15, -0.1) is 0 Å². The predicted octanol–water partition coefficient (Wildman–Crippen LogP) is 11.1. The van der Waals surface area contributed by atoms with E-state index in [1.165, 1.54) is 31.1 Å². The van der Waals surface area contributed by atoms with Crippen molar-refractivity contribution in [2.75, 3.05) is 6.61 Å². The molecule has 0 spiro atoms. The van der Waals surface area contributed by atoms with Gasteiger partial charge in [0.05, 0.1) is 0 Å². The van der Waals surface area contributed by atoms with Crippen molar-refractivity contribution in [1.29, 1.82) is 0 Å². The second-order valence-corrected chi connectivity index (χ2v) is 32.1. The van der Waals surface area contributed by atoms with E-state index in [-0.39, 0.29) is 11.3 Å². The number of rotatable bonds is 12. The van der Waals surface area contributed by atoms with Crippen molar-refractivity contribution in [3.05, 3.63) is 243 Å². The number of fused-ring (bicyclic) bond motifs is 7. The van der Waals surface area contributed by atoms with Crippen LogP contribution >= 0.6 is 6.19 Å². The molecule has 1 unspecified atom stereocenters. The van der Waals surface area contributed by atoms with E-state index in [2.05, 4.69) is 285 Å². The Balaban J connectivity index is 1.36. The maximum atomic E-state index is 8.01. The van der Waals surface area contributed by atoms with Crippen LogP contribution in [0.2, 0.25) is 0 Å². The van der Waals surface area contributed by atoms with Crippen LogP contribution in [-0.4, -0.2) is 37.9 Å². The van der Waals surface area contributed by atoms with Crippen LogP contribution in [0, 0.1) is 11.3 Å². The molecular weight excluding hydrogens is 983 g/mol. The van der Waals surface area contributed by atoms with Gasteiger partial charge < -0.3 is 0 Å². The summed E-state index contributed by atoms with van der Waals surface area (Å²) in [6.45, 7) is 9.63. The molecule has 0 saturated carbocycles. The Labute approximate surface area is 428 Å². The van der Waals surface area contributed by atoms with E-state index in [9.17, 15) is 0 Å². The molecule has 71 heavy (non-hydrogen) atoms. The molecule has 0 fully saturated rings. The van der Waals surface area contributed by atoms with Crippen LogP contribution in [-0.2, 0) is 4.52 Å². The molecule has 1 aliphatic heterocycles. The van der Waals surface area contributed by atoms with Crippen molar-refractivity contribution in [2.24, 2.45) is 11.3 Å². The van der Waals surface area contributed by atoms with E-state index < -0.39 is 22.3 Å². The molecule has 10 aromatic carbocycles. The zero-order valence-corrected chi connectivity index (χ0v) is 45.3. The van der Waals surface area contributed by atoms with Crippen LogP contribution in [0.15, 0.2) is 243 Å². The van der Waals surface area contributed by atoms with Crippen molar-refractivity contribution >= 4 is 100 Å². The molecule has 1 heterocycles. The molecule has 10 aromatic rings. The van der Waals surface area contributed by atoms with Gasteiger partial charge in [0.25, 0.3) is 0 Å². The minimum absolute atomic E-state index is 0.104. The van der Waals surface area contributed by atoms with Crippen LogP contribution in [0.1, 0.15) is 34.1 Å². The van der Waals surface area contributed by atoms with E-state index in [1.807, 2.05) is 0 Å². The standard InChI is InChI=1S/C64H57O3PSeSi2/c1-47(45-64(2,3)4)46-65-68(69)66-62-58(70(50-29-11-5-12-30-50,51-31-13-6-14-32-51)52-33-15-7-16-34-52)43-48-27-23-25-41-56(48)60(62)61-57-42-26-24-28-49(57)44-59(63(61)67-68)71(53-35-17-8-18-36-53,54-37-19-9-20-38-54)55-39-21-10-22-40-55/h5-44,47H,45-46H2,1-4H3. The monoisotopic (exact) mass is 1040 g/mol. The fourth-order valence-electron chi connectivity index (χ4n) is 11.6. The van der Waals surface area contributed by atoms with Gasteiger partial charge in [-0.3, -0.25) is 0 Å². The molecule has 350 valence electrons. The summed E-state index contributed by atoms with van der Waals surface area (Å²) in [7, 11) is -6.56. The quantitative estimate of drug-likeness (QED) is 0.0693. The Kier molecular flexibility index (Phi) is 12.8. The number of hydrogen-bond donors (Lipinski definition) is 0. The predicted molar refractivity (Wildman–Crippen MR) is 307 cm³/mol.